The minimum absolute atomic E-state index is 0.0716. The molecule has 1 aliphatic heterocycles. The summed E-state index contributed by atoms with van der Waals surface area (Å²) in [6.45, 7) is 6.02. The Balaban J connectivity index is 1.70. The van der Waals surface area contributed by atoms with Gasteiger partial charge in [-0.15, -0.1) is 10.2 Å². The van der Waals surface area contributed by atoms with E-state index in [4.69, 9.17) is 4.74 Å². The Morgan fingerprint density at radius 1 is 1.38 bits per heavy atom. The first-order chi connectivity index (χ1) is 11.7. The van der Waals surface area contributed by atoms with Gasteiger partial charge in [-0.2, -0.15) is 0 Å². The highest BCUT2D eigenvalue weighted by atomic mass is 16.5. The predicted octanol–water partition coefficient (Wildman–Crippen LogP) is 1.38. The Labute approximate surface area is 140 Å². The maximum atomic E-state index is 11.7. The van der Waals surface area contributed by atoms with Crippen LogP contribution in [-0.4, -0.2) is 44.8 Å². The summed E-state index contributed by atoms with van der Waals surface area (Å²) < 4.78 is 7.94. The van der Waals surface area contributed by atoms with Gasteiger partial charge in [0.15, 0.2) is 5.69 Å². The molecule has 3 rings (SSSR count). The van der Waals surface area contributed by atoms with Crippen molar-refractivity contribution in [2.45, 2.75) is 39.0 Å². The number of anilines is 1. The number of carbonyl (C=O) groups excluding carboxylic acids is 1. The van der Waals surface area contributed by atoms with Crippen LogP contribution in [0.15, 0.2) is 24.5 Å². The smallest absolute Gasteiger partial charge is 0.271 e. The average molecular weight is 330 g/mol. The molecule has 8 heteroatoms. The first kappa shape index (κ1) is 16.4. The first-order valence-corrected chi connectivity index (χ1v) is 8.24. The third-order valence-corrected chi connectivity index (χ3v) is 4.00. The van der Waals surface area contributed by atoms with Crippen LogP contribution in [0, 0.1) is 0 Å². The van der Waals surface area contributed by atoms with E-state index in [0.29, 0.717) is 24.7 Å². The molecule has 0 spiro atoms. The quantitative estimate of drug-likeness (QED) is 0.831. The molecule has 0 radical (unpaired) electrons. The van der Waals surface area contributed by atoms with E-state index in [-0.39, 0.29) is 18.1 Å². The van der Waals surface area contributed by atoms with E-state index >= 15 is 0 Å². The van der Waals surface area contributed by atoms with Crippen molar-refractivity contribution in [3.05, 3.63) is 36.0 Å². The molecule has 8 nitrogen and oxygen atoms in total. The van der Waals surface area contributed by atoms with Gasteiger partial charge < -0.3 is 19.9 Å². The molecule has 2 aromatic rings. The van der Waals surface area contributed by atoms with E-state index in [1.54, 1.807) is 18.3 Å². The molecule has 1 amide bonds. The molecule has 2 aromatic heterocycles. The van der Waals surface area contributed by atoms with Gasteiger partial charge in [0, 0.05) is 32.1 Å². The SMILES string of the molecule is CCNC(=O)c1ccc(N[C@H]2CCO[C@@H]2c2nccn2CC)nn1. The van der Waals surface area contributed by atoms with Crippen molar-refractivity contribution >= 4 is 11.7 Å². The van der Waals surface area contributed by atoms with Gasteiger partial charge in [-0.05, 0) is 32.4 Å². The molecule has 2 atom stereocenters. The summed E-state index contributed by atoms with van der Waals surface area (Å²) in [7, 11) is 0. The lowest BCUT2D eigenvalue weighted by atomic mass is 10.1. The van der Waals surface area contributed by atoms with Crippen LogP contribution >= 0.6 is 0 Å². The molecular formula is C16H22N6O2. The summed E-state index contributed by atoms with van der Waals surface area (Å²) >= 11 is 0. The van der Waals surface area contributed by atoms with Crippen LogP contribution in [0.5, 0.6) is 0 Å². The highest BCUT2D eigenvalue weighted by Crippen LogP contribution is 2.30. The van der Waals surface area contributed by atoms with E-state index in [9.17, 15) is 4.79 Å². The largest absolute Gasteiger partial charge is 0.368 e. The van der Waals surface area contributed by atoms with Gasteiger partial charge in [-0.25, -0.2) is 4.98 Å². The molecule has 0 aromatic carbocycles. The van der Waals surface area contributed by atoms with E-state index in [0.717, 1.165) is 18.8 Å². The average Bonchev–Trinajstić information content (AvgIpc) is 3.24. The highest BCUT2D eigenvalue weighted by molar-refractivity contribution is 5.92. The van der Waals surface area contributed by atoms with E-state index in [2.05, 4.69) is 37.3 Å². The number of ether oxygens (including phenoxy) is 1. The third-order valence-electron chi connectivity index (χ3n) is 4.00. The Morgan fingerprint density at radius 2 is 2.25 bits per heavy atom. The Hall–Kier alpha value is -2.48. The van der Waals surface area contributed by atoms with Crippen molar-refractivity contribution in [2.75, 3.05) is 18.5 Å². The normalized spacial score (nSPS) is 20.1. The van der Waals surface area contributed by atoms with Gasteiger partial charge in [0.2, 0.25) is 0 Å². The van der Waals surface area contributed by atoms with Crippen molar-refractivity contribution in [3.8, 4) is 0 Å². The fourth-order valence-corrected chi connectivity index (χ4v) is 2.81. The van der Waals surface area contributed by atoms with Gasteiger partial charge in [0.1, 0.15) is 17.7 Å². The van der Waals surface area contributed by atoms with Crippen LogP contribution in [0.2, 0.25) is 0 Å². The monoisotopic (exact) mass is 330 g/mol. The summed E-state index contributed by atoms with van der Waals surface area (Å²) in [5, 5.41) is 14.1. The van der Waals surface area contributed by atoms with E-state index < -0.39 is 0 Å². The van der Waals surface area contributed by atoms with Crippen molar-refractivity contribution in [3.63, 3.8) is 0 Å². The molecule has 2 N–H and O–H groups in total. The van der Waals surface area contributed by atoms with Gasteiger partial charge in [0.05, 0.1) is 6.04 Å². The third kappa shape index (κ3) is 3.38. The van der Waals surface area contributed by atoms with E-state index in [1.165, 1.54) is 0 Å². The maximum Gasteiger partial charge on any atom is 0.271 e. The summed E-state index contributed by atoms with van der Waals surface area (Å²) in [5.74, 6) is 1.32. The number of amides is 1. The second kappa shape index (κ2) is 7.39. The summed E-state index contributed by atoms with van der Waals surface area (Å²) in [6.07, 6.45) is 4.49. The van der Waals surface area contributed by atoms with Crippen LogP contribution in [0.3, 0.4) is 0 Å². The van der Waals surface area contributed by atoms with Crippen molar-refractivity contribution in [1.82, 2.24) is 25.1 Å². The standard InChI is InChI=1S/C16H22N6O2/c1-3-17-16(23)12-5-6-13(21-20-12)19-11-7-10-24-14(11)15-18-8-9-22(15)4-2/h5-6,8-9,11,14H,3-4,7,10H2,1-2H3,(H,17,23)(H,19,21)/t11-,14-/m0/s1. The second-order valence-electron chi connectivity index (χ2n) is 5.57. The minimum Gasteiger partial charge on any atom is -0.368 e. The number of hydrogen-bond acceptors (Lipinski definition) is 6. The predicted molar refractivity (Wildman–Crippen MR) is 88.7 cm³/mol. The Bertz CT molecular complexity index is 684. The molecule has 3 heterocycles. The number of nitrogens with zero attached hydrogens (tertiary/aromatic N) is 4. The van der Waals surface area contributed by atoms with Crippen LogP contribution < -0.4 is 10.6 Å². The highest BCUT2D eigenvalue weighted by Gasteiger charge is 2.33. The molecular weight excluding hydrogens is 308 g/mol. The van der Waals surface area contributed by atoms with Crippen molar-refractivity contribution < 1.29 is 9.53 Å². The van der Waals surface area contributed by atoms with Gasteiger partial charge in [-0.3, -0.25) is 4.79 Å². The second-order valence-corrected chi connectivity index (χ2v) is 5.57. The molecule has 24 heavy (non-hydrogen) atoms. The number of rotatable bonds is 6. The van der Waals surface area contributed by atoms with Crippen LogP contribution in [0.4, 0.5) is 5.82 Å². The fraction of sp³-hybridized carbons (Fsp3) is 0.500. The van der Waals surface area contributed by atoms with Gasteiger partial charge >= 0.3 is 0 Å². The van der Waals surface area contributed by atoms with Crippen LogP contribution in [0.25, 0.3) is 0 Å². The number of carbonyl (C=O) groups is 1. The number of imidazole rings is 1. The van der Waals surface area contributed by atoms with Gasteiger partial charge in [-0.1, -0.05) is 0 Å². The lowest BCUT2D eigenvalue weighted by Gasteiger charge is -2.20. The molecule has 0 saturated carbocycles. The topological polar surface area (TPSA) is 94.0 Å². The van der Waals surface area contributed by atoms with Crippen molar-refractivity contribution in [2.24, 2.45) is 0 Å². The Kier molecular flexibility index (Phi) is 5.05. The first-order valence-electron chi connectivity index (χ1n) is 8.24. The molecule has 1 fully saturated rings. The van der Waals surface area contributed by atoms with Gasteiger partial charge in [0.25, 0.3) is 5.91 Å². The summed E-state index contributed by atoms with van der Waals surface area (Å²) in [5.41, 5.74) is 0.308. The molecule has 0 unspecified atom stereocenters. The molecule has 1 saturated heterocycles. The number of hydrogen-bond donors (Lipinski definition) is 2. The molecule has 1 aliphatic rings. The molecule has 0 aliphatic carbocycles. The fourth-order valence-electron chi connectivity index (χ4n) is 2.81. The van der Waals surface area contributed by atoms with Crippen LogP contribution in [0.1, 0.15) is 42.7 Å². The lowest BCUT2D eigenvalue weighted by Crippen LogP contribution is -2.27. The maximum absolute atomic E-state index is 11.7. The Morgan fingerprint density at radius 3 is 2.96 bits per heavy atom. The molecule has 0 bridgehead atoms. The zero-order valence-electron chi connectivity index (χ0n) is 13.9. The lowest BCUT2D eigenvalue weighted by molar-refractivity contribution is 0.0949. The summed E-state index contributed by atoms with van der Waals surface area (Å²) in [4.78, 5) is 16.1. The van der Waals surface area contributed by atoms with E-state index in [1.807, 2.05) is 13.1 Å². The zero-order chi connectivity index (χ0) is 16.9. The minimum atomic E-state index is -0.219. The zero-order valence-corrected chi connectivity index (χ0v) is 13.9. The summed E-state index contributed by atoms with van der Waals surface area (Å²) in [6, 6.07) is 3.50. The molecule has 128 valence electrons. The van der Waals surface area contributed by atoms with Crippen LogP contribution in [-0.2, 0) is 11.3 Å². The number of aryl methyl sites for hydroxylation is 1. The van der Waals surface area contributed by atoms with Crippen molar-refractivity contribution in [1.29, 1.82) is 0 Å². The number of nitrogens with one attached hydrogen (secondary N) is 2. The number of aromatic nitrogens is 4.